The number of amides is 2. The van der Waals surface area contributed by atoms with Crippen LogP contribution in [0.25, 0.3) is 0 Å². The Bertz CT molecular complexity index is 454. The van der Waals surface area contributed by atoms with E-state index in [0.29, 0.717) is 26.1 Å². The molecule has 0 saturated heterocycles. The van der Waals surface area contributed by atoms with Crippen LogP contribution in [-0.2, 0) is 9.59 Å². The van der Waals surface area contributed by atoms with Gasteiger partial charge in [0.15, 0.2) is 5.96 Å². The van der Waals surface area contributed by atoms with E-state index < -0.39 is 6.04 Å². The largest absolute Gasteiger partial charge is 0.370 e. The summed E-state index contributed by atoms with van der Waals surface area (Å²) in [5, 5.41) is 8.95. The number of rotatable bonds is 19. The van der Waals surface area contributed by atoms with Gasteiger partial charge in [-0.2, -0.15) is 0 Å². The molecule has 0 unspecified atom stereocenters. The molecule has 1 atom stereocenters. The number of nitrogens with two attached hydrogens (primary N) is 3. The lowest BCUT2D eigenvalue weighted by atomic mass is 10.1. The number of hydrogen-bond acceptors (Lipinski definition) is 5. The first-order valence-electron chi connectivity index (χ1n) is 11.0. The summed E-state index contributed by atoms with van der Waals surface area (Å²) < 4.78 is 0. The van der Waals surface area contributed by atoms with Crippen molar-refractivity contribution < 1.29 is 9.59 Å². The molecule has 0 saturated carbocycles. The zero-order chi connectivity index (χ0) is 21.7. The minimum absolute atomic E-state index is 0.0653. The van der Waals surface area contributed by atoms with Crippen molar-refractivity contribution in [3.8, 4) is 0 Å². The van der Waals surface area contributed by atoms with E-state index in [4.69, 9.17) is 17.2 Å². The van der Waals surface area contributed by atoms with Gasteiger partial charge in [0.05, 0.1) is 0 Å². The Labute approximate surface area is 176 Å². The van der Waals surface area contributed by atoms with E-state index >= 15 is 0 Å². The van der Waals surface area contributed by atoms with Crippen LogP contribution in [0.4, 0.5) is 0 Å². The summed E-state index contributed by atoms with van der Waals surface area (Å²) in [6, 6.07) is -0.499. The number of carbonyl (C=O) groups excluding carboxylic acids is 2. The normalized spacial score (nSPS) is 11.7. The molecule has 9 heteroatoms. The van der Waals surface area contributed by atoms with Gasteiger partial charge in [0.25, 0.3) is 0 Å². The van der Waals surface area contributed by atoms with Crippen LogP contribution in [-0.4, -0.2) is 56.5 Å². The van der Waals surface area contributed by atoms with E-state index in [2.05, 4.69) is 20.9 Å². The van der Waals surface area contributed by atoms with E-state index in [1.807, 2.05) is 0 Å². The maximum absolute atomic E-state index is 12.0. The molecule has 0 fully saturated rings. The molecule has 0 aliphatic rings. The number of guanidine groups is 1. The molecular formula is C20H43N7O2. The minimum Gasteiger partial charge on any atom is -0.370 e. The van der Waals surface area contributed by atoms with Crippen LogP contribution in [0.3, 0.4) is 0 Å². The van der Waals surface area contributed by atoms with E-state index in [-0.39, 0.29) is 17.8 Å². The summed E-state index contributed by atoms with van der Waals surface area (Å²) in [7, 11) is 0. The molecule has 0 heterocycles. The van der Waals surface area contributed by atoms with E-state index in [9.17, 15) is 9.59 Å². The fourth-order valence-corrected chi connectivity index (χ4v) is 2.78. The number of unbranched alkanes of at least 4 members (excludes halogenated alkanes) is 6. The first-order valence-corrected chi connectivity index (χ1v) is 11.0. The summed E-state index contributed by atoms with van der Waals surface area (Å²) in [6.07, 6.45) is 9.47. The lowest BCUT2D eigenvalue weighted by molar-refractivity contribution is -0.128. The van der Waals surface area contributed by atoms with Crippen molar-refractivity contribution in [2.75, 3.05) is 32.7 Å². The quantitative estimate of drug-likeness (QED) is 0.102. The topological polar surface area (TPSA) is 161 Å². The fraction of sp³-hybridized carbons (Fsp3) is 0.850. The summed E-state index contributed by atoms with van der Waals surface area (Å²) in [6.45, 7) is 5.59. The Hall–Kier alpha value is -1.87. The molecule has 0 aromatic rings. The Morgan fingerprint density at radius 1 is 0.862 bits per heavy atom. The standard InChI is InChI=1S/C20H43N7O2/c1-17(19(29)25-15-9-8-13-24-14-10-12-21)27-18(28)11-6-4-2-3-5-7-16-26-20(22)23/h17,24H,2-16,21H2,1H3,(H,25,29)(H,27,28)(H4,22,23,26)/t17-/m0/s1. The van der Waals surface area contributed by atoms with Crippen molar-refractivity contribution in [2.45, 2.75) is 77.2 Å². The van der Waals surface area contributed by atoms with Gasteiger partial charge in [-0.1, -0.05) is 25.7 Å². The smallest absolute Gasteiger partial charge is 0.242 e. The third kappa shape index (κ3) is 19.2. The maximum atomic E-state index is 12.0. The average Bonchev–Trinajstić information content (AvgIpc) is 2.68. The van der Waals surface area contributed by atoms with Crippen LogP contribution >= 0.6 is 0 Å². The van der Waals surface area contributed by atoms with Crippen LogP contribution in [0.15, 0.2) is 4.99 Å². The average molecular weight is 414 g/mol. The number of carbonyl (C=O) groups is 2. The highest BCUT2D eigenvalue weighted by Crippen LogP contribution is 2.07. The molecule has 170 valence electrons. The second kappa shape index (κ2) is 19.4. The van der Waals surface area contributed by atoms with Gasteiger partial charge < -0.3 is 33.2 Å². The monoisotopic (exact) mass is 413 g/mol. The van der Waals surface area contributed by atoms with Gasteiger partial charge in [-0.3, -0.25) is 14.6 Å². The molecule has 2 amide bonds. The van der Waals surface area contributed by atoms with Crippen LogP contribution < -0.4 is 33.2 Å². The van der Waals surface area contributed by atoms with Crippen LogP contribution in [0, 0.1) is 0 Å². The minimum atomic E-state index is -0.499. The highest BCUT2D eigenvalue weighted by molar-refractivity contribution is 5.87. The molecule has 0 aromatic heterocycles. The lowest BCUT2D eigenvalue weighted by Crippen LogP contribution is -2.45. The predicted octanol–water partition coefficient (Wildman–Crippen LogP) is 0.330. The van der Waals surface area contributed by atoms with Crippen molar-refractivity contribution in [3.05, 3.63) is 0 Å². The summed E-state index contributed by atoms with van der Waals surface area (Å²) >= 11 is 0. The molecule has 0 rings (SSSR count). The Balaban J connectivity index is 3.55. The van der Waals surface area contributed by atoms with Gasteiger partial charge in [0.1, 0.15) is 6.04 Å². The van der Waals surface area contributed by atoms with Crippen molar-refractivity contribution in [3.63, 3.8) is 0 Å². The van der Waals surface area contributed by atoms with Gasteiger partial charge in [0, 0.05) is 19.5 Å². The predicted molar refractivity (Wildman–Crippen MR) is 119 cm³/mol. The van der Waals surface area contributed by atoms with E-state index in [1.54, 1.807) is 6.92 Å². The van der Waals surface area contributed by atoms with Gasteiger partial charge in [0.2, 0.25) is 11.8 Å². The Morgan fingerprint density at radius 2 is 1.48 bits per heavy atom. The molecule has 0 aromatic carbocycles. The first kappa shape index (κ1) is 27.1. The first-order chi connectivity index (χ1) is 14.0. The molecule has 0 aliphatic heterocycles. The molecular weight excluding hydrogens is 370 g/mol. The Kier molecular flexibility index (Phi) is 18.2. The van der Waals surface area contributed by atoms with E-state index in [1.165, 1.54) is 0 Å². The molecule has 0 spiro atoms. The number of aliphatic imine (C=N–C) groups is 1. The summed E-state index contributed by atoms with van der Waals surface area (Å²) in [5.41, 5.74) is 16.0. The Morgan fingerprint density at radius 3 is 2.17 bits per heavy atom. The number of nitrogens with zero attached hydrogens (tertiary/aromatic N) is 1. The van der Waals surface area contributed by atoms with Crippen molar-refractivity contribution in [1.29, 1.82) is 0 Å². The second-order valence-electron chi connectivity index (χ2n) is 7.36. The number of hydrogen-bond donors (Lipinski definition) is 6. The van der Waals surface area contributed by atoms with Crippen molar-refractivity contribution >= 4 is 17.8 Å². The second-order valence-corrected chi connectivity index (χ2v) is 7.36. The third-order valence-corrected chi connectivity index (χ3v) is 4.51. The fourth-order valence-electron chi connectivity index (χ4n) is 2.78. The highest BCUT2D eigenvalue weighted by atomic mass is 16.2. The van der Waals surface area contributed by atoms with Gasteiger partial charge in [-0.05, 0) is 58.7 Å². The zero-order valence-corrected chi connectivity index (χ0v) is 18.2. The van der Waals surface area contributed by atoms with Crippen LogP contribution in [0.5, 0.6) is 0 Å². The number of nitrogens with one attached hydrogen (secondary N) is 3. The van der Waals surface area contributed by atoms with Crippen LogP contribution in [0.2, 0.25) is 0 Å². The van der Waals surface area contributed by atoms with Crippen molar-refractivity contribution in [1.82, 2.24) is 16.0 Å². The third-order valence-electron chi connectivity index (χ3n) is 4.51. The molecule has 0 bridgehead atoms. The summed E-state index contributed by atoms with van der Waals surface area (Å²) in [4.78, 5) is 27.9. The maximum Gasteiger partial charge on any atom is 0.242 e. The van der Waals surface area contributed by atoms with Gasteiger partial charge in [-0.25, -0.2) is 0 Å². The zero-order valence-electron chi connectivity index (χ0n) is 18.2. The van der Waals surface area contributed by atoms with Gasteiger partial charge in [-0.15, -0.1) is 0 Å². The molecule has 29 heavy (non-hydrogen) atoms. The SMILES string of the molecule is C[C@H](NC(=O)CCCCCCCCN=C(N)N)C(=O)NCCCCNCCCN. The summed E-state index contributed by atoms with van der Waals surface area (Å²) in [5.74, 6) is -0.0509. The molecule has 0 radical (unpaired) electrons. The molecule has 9 N–H and O–H groups in total. The van der Waals surface area contributed by atoms with E-state index in [0.717, 1.165) is 70.9 Å². The lowest BCUT2D eigenvalue weighted by Gasteiger charge is -2.14. The molecule has 9 nitrogen and oxygen atoms in total. The van der Waals surface area contributed by atoms with Crippen LogP contribution in [0.1, 0.15) is 71.1 Å². The highest BCUT2D eigenvalue weighted by Gasteiger charge is 2.14. The van der Waals surface area contributed by atoms with Gasteiger partial charge >= 0.3 is 0 Å². The molecule has 0 aliphatic carbocycles. The van der Waals surface area contributed by atoms with Crippen molar-refractivity contribution in [2.24, 2.45) is 22.2 Å².